The van der Waals surface area contributed by atoms with Crippen LogP contribution in [0.5, 0.6) is 0 Å². The van der Waals surface area contributed by atoms with Gasteiger partial charge < -0.3 is 9.97 Å². The third kappa shape index (κ3) is 3.02. The van der Waals surface area contributed by atoms with Crippen molar-refractivity contribution in [2.24, 2.45) is 0 Å². The Morgan fingerprint density at radius 2 is 1.93 bits per heavy atom. The van der Waals surface area contributed by atoms with Gasteiger partial charge >= 0.3 is 0 Å². The Balaban J connectivity index is 1.84. The summed E-state index contributed by atoms with van der Waals surface area (Å²) < 4.78 is 0. The Hall–Kier alpha value is -3.95. The summed E-state index contributed by atoms with van der Waals surface area (Å²) >= 11 is 6.21. The lowest BCUT2D eigenvalue weighted by atomic mass is 10.0. The van der Waals surface area contributed by atoms with E-state index < -0.39 is 0 Å². The summed E-state index contributed by atoms with van der Waals surface area (Å²) in [6, 6.07) is 16.6. The molecule has 1 aromatic carbocycles. The zero-order valence-electron chi connectivity index (χ0n) is 15.8. The van der Waals surface area contributed by atoms with Gasteiger partial charge in [0.2, 0.25) is 0 Å². The van der Waals surface area contributed by atoms with E-state index >= 15 is 0 Å². The van der Waals surface area contributed by atoms with Crippen molar-refractivity contribution in [1.82, 2.24) is 19.9 Å². The average molecular weight is 412 g/mol. The summed E-state index contributed by atoms with van der Waals surface area (Å²) in [5.41, 5.74) is 5.57. The first kappa shape index (κ1) is 18.1. The van der Waals surface area contributed by atoms with Gasteiger partial charge in [-0.1, -0.05) is 17.7 Å². The lowest BCUT2D eigenvalue weighted by Gasteiger charge is -2.11. The van der Waals surface area contributed by atoms with Gasteiger partial charge in [-0.25, -0.2) is 9.97 Å². The van der Waals surface area contributed by atoms with Crippen molar-refractivity contribution in [3.63, 3.8) is 0 Å². The zero-order valence-corrected chi connectivity index (χ0v) is 16.6. The predicted molar refractivity (Wildman–Crippen MR) is 117 cm³/mol. The minimum atomic E-state index is -0.115. The Bertz CT molecular complexity index is 1540. The van der Waals surface area contributed by atoms with Gasteiger partial charge in [0.1, 0.15) is 10.8 Å². The molecular weight excluding hydrogens is 398 g/mol. The summed E-state index contributed by atoms with van der Waals surface area (Å²) in [5.74, 6) is 0. The SMILES string of the molecule is Cc1cc(-c2cc3c(=O)cc[nH]c3nc2-c2cc3ccc(C#N)cc3[nH]2)cc(Cl)n1. The van der Waals surface area contributed by atoms with Crippen LogP contribution in [0, 0.1) is 18.3 Å². The number of nitrogens with one attached hydrogen (secondary N) is 2. The molecule has 0 fully saturated rings. The Morgan fingerprint density at radius 3 is 2.73 bits per heavy atom. The van der Waals surface area contributed by atoms with E-state index in [0.29, 0.717) is 27.4 Å². The maximum Gasteiger partial charge on any atom is 0.191 e. The summed E-state index contributed by atoms with van der Waals surface area (Å²) in [6.07, 6.45) is 1.58. The van der Waals surface area contributed by atoms with Gasteiger partial charge in [-0.15, -0.1) is 0 Å². The normalized spacial score (nSPS) is 11.1. The Labute approximate surface area is 175 Å². The van der Waals surface area contributed by atoms with Crippen LogP contribution in [0.1, 0.15) is 11.3 Å². The fraction of sp³-hybridized carbons (Fsp3) is 0.0435. The van der Waals surface area contributed by atoms with Crippen LogP contribution in [-0.2, 0) is 0 Å². The molecule has 4 heterocycles. The lowest BCUT2D eigenvalue weighted by Crippen LogP contribution is -2.03. The number of nitrogens with zero attached hydrogens (tertiary/aromatic N) is 3. The second kappa shape index (κ2) is 6.83. The van der Waals surface area contributed by atoms with Gasteiger partial charge in [-0.3, -0.25) is 4.79 Å². The molecule has 0 aliphatic carbocycles. The van der Waals surface area contributed by atoms with Crippen LogP contribution in [0.4, 0.5) is 0 Å². The molecule has 2 N–H and O–H groups in total. The number of hydrogen-bond acceptors (Lipinski definition) is 4. The van der Waals surface area contributed by atoms with E-state index in [0.717, 1.165) is 33.4 Å². The Kier molecular flexibility index (Phi) is 4.12. The van der Waals surface area contributed by atoms with Crippen molar-refractivity contribution in [3.05, 3.63) is 81.4 Å². The molecule has 6 nitrogen and oxygen atoms in total. The van der Waals surface area contributed by atoms with Crippen LogP contribution in [0.25, 0.3) is 44.5 Å². The zero-order chi connectivity index (χ0) is 20.8. The number of aromatic nitrogens is 4. The summed E-state index contributed by atoms with van der Waals surface area (Å²) in [4.78, 5) is 27.8. The fourth-order valence-electron chi connectivity index (χ4n) is 3.63. The number of benzene rings is 1. The van der Waals surface area contributed by atoms with E-state index in [2.05, 4.69) is 21.0 Å². The molecule has 5 aromatic rings. The number of H-pyrrole nitrogens is 2. The van der Waals surface area contributed by atoms with E-state index in [1.807, 2.05) is 31.2 Å². The van der Waals surface area contributed by atoms with E-state index in [1.165, 1.54) is 6.07 Å². The molecule has 0 amide bonds. The summed E-state index contributed by atoms with van der Waals surface area (Å²) in [5, 5.41) is 11.0. The molecule has 0 aliphatic rings. The highest BCUT2D eigenvalue weighted by Gasteiger charge is 2.16. The highest BCUT2D eigenvalue weighted by Crippen LogP contribution is 2.34. The van der Waals surface area contributed by atoms with Gasteiger partial charge in [0, 0.05) is 34.4 Å². The van der Waals surface area contributed by atoms with Gasteiger partial charge in [-0.2, -0.15) is 5.26 Å². The van der Waals surface area contributed by atoms with Crippen LogP contribution >= 0.6 is 11.6 Å². The maximum atomic E-state index is 12.4. The minimum absolute atomic E-state index is 0.115. The molecule has 0 saturated carbocycles. The minimum Gasteiger partial charge on any atom is -0.353 e. The molecule has 0 atom stereocenters. The van der Waals surface area contributed by atoms with Crippen molar-refractivity contribution < 1.29 is 0 Å². The molecule has 0 aliphatic heterocycles. The molecule has 30 heavy (non-hydrogen) atoms. The van der Waals surface area contributed by atoms with Crippen LogP contribution in [0.15, 0.2) is 59.5 Å². The maximum absolute atomic E-state index is 12.4. The van der Waals surface area contributed by atoms with Crippen molar-refractivity contribution in [2.75, 3.05) is 0 Å². The number of nitriles is 1. The predicted octanol–water partition coefficient (Wildman–Crippen LogP) is 4.97. The molecule has 0 bridgehead atoms. The molecule has 4 aromatic heterocycles. The molecule has 0 unspecified atom stereocenters. The smallest absolute Gasteiger partial charge is 0.191 e. The van der Waals surface area contributed by atoms with E-state index in [9.17, 15) is 10.1 Å². The van der Waals surface area contributed by atoms with Gasteiger partial charge in [0.25, 0.3) is 0 Å². The van der Waals surface area contributed by atoms with Crippen LogP contribution in [-0.4, -0.2) is 19.9 Å². The molecule has 5 rings (SSSR count). The highest BCUT2D eigenvalue weighted by molar-refractivity contribution is 6.29. The highest BCUT2D eigenvalue weighted by atomic mass is 35.5. The van der Waals surface area contributed by atoms with Crippen molar-refractivity contribution in [3.8, 4) is 28.6 Å². The largest absolute Gasteiger partial charge is 0.353 e. The molecule has 0 saturated heterocycles. The number of hydrogen-bond donors (Lipinski definition) is 2. The van der Waals surface area contributed by atoms with Crippen LogP contribution in [0.2, 0.25) is 5.15 Å². The average Bonchev–Trinajstić information content (AvgIpc) is 3.15. The first-order valence-electron chi connectivity index (χ1n) is 9.22. The topological polar surface area (TPSA) is 98.2 Å². The number of aryl methyl sites for hydroxylation is 1. The first-order chi connectivity index (χ1) is 14.5. The van der Waals surface area contributed by atoms with Crippen LogP contribution < -0.4 is 5.43 Å². The summed E-state index contributed by atoms with van der Waals surface area (Å²) in [7, 11) is 0. The van der Waals surface area contributed by atoms with Gasteiger partial charge in [0.15, 0.2) is 5.43 Å². The lowest BCUT2D eigenvalue weighted by molar-refractivity contribution is 1.20. The fourth-order valence-corrected chi connectivity index (χ4v) is 3.88. The van der Waals surface area contributed by atoms with Crippen LogP contribution in [0.3, 0.4) is 0 Å². The number of fused-ring (bicyclic) bond motifs is 2. The molecule has 0 spiro atoms. The standard InChI is InChI=1S/C23H14ClN5O/c1-12-6-15(9-21(24)27-12)16-10-17-20(30)4-5-26-23(17)29-22(16)19-8-14-3-2-13(11-25)7-18(14)28-19/h2-10,28H,1H3,(H,26,29,30). The molecular formula is C23H14ClN5O. The van der Waals surface area contributed by atoms with Crippen molar-refractivity contribution >= 4 is 33.5 Å². The van der Waals surface area contributed by atoms with E-state index in [4.69, 9.17) is 16.6 Å². The monoisotopic (exact) mass is 411 g/mol. The van der Waals surface area contributed by atoms with Gasteiger partial charge in [0.05, 0.1) is 28.4 Å². The molecule has 144 valence electrons. The van der Waals surface area contributed by atoms with E-state index in [1.54, 1.807) is 24.4 Å². The summed E-state index contributed by atoms with van der Waals surface area (Å²) in [6.45, 7) is 1.86. The van der Waals surface area contributed by atoms with E-state index in [-0.39, 0.29) is 5.43 Å². The molecule has 7 heteroatoms. The third-order valence-corrected chi connectivity index (χ3v) is 5.18. The number of rotatable bonds is 2. The third-order valence-electron chi connectivity index (χ3n) is 4.98. The number of halogens is 1. The number of aromatic amines is 2. The second-order valence-electron chi connectivity index (χ2n) is 7.04. The van der Waals surface area contributed by atoms with Crippen molar-refractivity contribution in [1.29, 1.82) is 5.26 Å². The molecule has 0 radical (unpaired) electrons. The van der Waals surface area contributed by atoms with Gasteiger partial charge in [-0.05, 0) is 48.9 Å². The first-order valence-corrected chi connectivity index (χ1v) is 9.60. The Morgan fingerprint density at radius 1 is 1.07 bits per heavy atom. The quantitative estimate of drug-likeness (QED) is 0.401. The number of pyridine rings is 3. The second-order valence-corrected chi connectivity index (χ2v) is 7.43. The van der Waals surface area contributed by atoms with Crippen molar-refractivity contribution in [2.45, 2.75) is 6.92 Å².